The van der Waals surface area contributed by atoms with Gasteiger partial charge in [0.2, 0.25) is 0 Å². The van der Waals surface area contributed by atoms with Gasteiger partial charge >= 0.3 is 0 Å². The molecule has 0 amide bonds. The van der Waals surface area contributed by atoms with Gasteiger partial charge < -0.3 is 13.7 Å². The molecule has 0 spiro atoms. The highest BCUT2D eigenvalue weighted by atomic mass is 32.1. The van der Waals surface area contributed by atoms with Crippen molar-refractivity contribution in [2.24, 2.45) is 0 Å². The first-order valence-corrected chi connectivity index (χ1v) is 21.1. The third-order valence-corrected chi connectivity index (χ3v) is 14.1. The molecule has 0 atom stereocenters. The van der Waals surface area contributed by atoms with Crippen LogP contribution in [0.2, 0.25) is 0 Å². The smallest absolute Gasteiger partial charge is 0.159 e. The molecule has 0 unspecified atom stereocenters. The predicted molar refractivity (Wildman–Crippen MR) is 249 cm³/mol. The Hall–Kier alpha value is -7.14. The zero-order valence-electron chi connectivity index (χ0n) is 32.4. The third-order valence-electron chi connectivity index (χ3n) is 12.9. The van der Waals surface area contributed by atoms with Crippen molar-refractivity contribution in [3.8, 4) is 22.3 Å². The van der Waals surface area contributed by atoms with E-state index in [1.165, 1.54) is 58.8 Å². The molecule has 13 rings (SSSR count). The molecule has 1 aliphatic rings. The summed E-state index contributed by atoms with van der Waals surface area (Å²) in [6, 6.07) is 63.7. The molecular weight excluding hydrogens is 739 g/mol. The minimum absolute atomic E-state index is 0.155. The molecule has 0 fully saturated rings. The van der Waals surface area contributed by atoms with Gasteiger partial charge in [0.1, 0.15) is 16.7 Å². The standard InChI is InChI=1S/C55H35NO2S/c1-55(2)45-21-8-5-15-36(45)37-27-25-33(30-46(37)55)56(47-22-12-18-41-38-16-6-9-23-48(38)57-52(41)47)34-26-28-39-44-29-32-13-3-4-14-35(32)51(53(44)58-49(39)31-34)43-20-11-19-42-40-17-7-10-24-50(40)59-54(42)43/h3-31H,1-2H3. The van der Waals surface area contributed by atoms with Crippen LogP contribution in [0.15, 0.2) is 185 Å². The average Bonchev–Trinajstić information content (AvgIpc) is 4.01. The van der Waals surface area contributed by atoms with Crippen molar-refractivity contribution >= 4 is 103 Å². The van der Waals surface area contributed by atoms with Crippen LogP contribution in [0.5, 0.6) is 0 Å². The Morgan fingerprint density at radius 1 is 0.441 bits per heavy atom. The fourth-order valence-electron chi connectivity index (χ4n) is 10.1. The second-order valence-electron chi connectivity index (χ2n) is 16.4. The van der Waals surface area contributed by atoms with Crippen molar-refractivity contribution in [3.05, 3.63) is 187 Å². The van der Waals surface area contributed by atoms with Crippen LogP contribution < -0.4 is 4.90 Å². The van der Waals surface area contributed by atoms with Crippen molar-refractivity contribution < 1.29 is 8.83 Å². The van der Waals surface area contributed by atoms with E-state index in [1.54, 1.807) is 0 Å². The van der Waals surface area contributed by atoms with Crippen LogP contribution >= 0.6 is 11.3 Å². The third kappa shape index (κ3) is 4.58. The summed E-state index contributed by atoms with van der Waals surface area (Å²) in [6.45, 7) is 4.68. The van der Waals surface area contributed by atoms with Gasteiger partial charge in [-0.2, -0.15) is 0 Å². The molecule has 0 bridgehead atoms. The Morgan fingerprint density at radius 2 is 1.10 bits per heavy atom. The number of para-hydroxylation sites is 2. The van der Waals surface area contributed by atoms with E-state index in [2.05, 4.69) is 189 Å². The number of thiophene rings is 1. The van der Waals surface area contributed by atoms with Gasteiger partial charge in [-0.05, 0) is 81.6 Å². The van der Waals surface area contributed by atoms with Crippen molar-refractivity contribution in [1.82, 2.24) is 0 Å². The molecule has 3 aromatic heterocycles. The van der Waals surface area contributed by atoms with Gasteiger partial charge in [0, 0.05) is 70.0 Å². The van der Waals surface area contributed by atoms with Gasteiger partial charge in [-0.25, -0.2) is 0 Å². The van der Waals surface area contributed by atoms with Gasteiger partial charge in [0.05, 0.1) is 11.4 Å². The van der Waals surface area contributed by atoms with Crippen molar-refractivity contribution in [2.45, 2.75) is 19.3 Å². The van der Waals surface area contributed by atoms with E-state index in [-0.39, 0.29) is 5.41 Å². The Kier molecular flexibility index (Phi) is 6.66. The lowest BCUT2D eigenvalue weighted by Gasteiger charge is -2.28. The van der Waals surface area contributed by atoms with Gasteiger partial charge in [-0.1, -0.05) is 135 Å². The summed E-state index contributed by atoms with van der Waals surface area (Å²) in [4.78, 5) is 2.35. The van der Waals surface area contributed by atoms with Crippen LogP contribution in [0, 0.1) is 0 Å². The molecule has 0 aliphatic heterocycles. The summed E-state index contributed by atoms with van der Waals surface area (Å²) in [7, 11) is 0. The molecule has 0 saturated heterocycles. The largest absolute Gasteiger partial charge is 0.455 e. The molecule has 278 valence electrons. The maximum absolute atomic E-state index is 7.17. The number of hydrogen-bond donors (Lipinski definition) is 0. The van der Waals surface area contributed by atoms with Crippen molar-refractivity contribution in [1.29, 1.82) is 0 Å². The lowest BCUT2D eigenvalue weighted by Crippen LogP contribution is -2.16. The summed E-state index contributed by atoms with van der Waals surface area (Å²) in [5, 5.41) is 9.35. The van der Waals surface area contributed by atoms with Gasteiger partial charge in [0.25, 0.3) is 0 Å². The summed E-state index contributed by atoms with van der Waals surface area (Å²) in [5.74, 6) is 0. The summed E-state index contributed by atoms with van der Waals surface area (Å²) in [5.41, 5.74) is 14.0. The minimum atomic E-state index is -0.155. The highest BCUT2D eigenvalue weighted by Gasteiger charge is 2.36. The first-order chi connectivity index (χ1) is 29.0. The molecular formula is C55H35NO2S. The first-order valence-electron chi connectivity index (χ1n) is 20.2. The van der Waals surface area contributed by atoms with Gasteiger partial charge in [-0.3, -0.25) is 0 Å². The Bertz CT molecular complexity index is 3730. The van der Waals surface area contributed by atoms with E-state index in [1.807, 2.05) is 17.4 Å². The van der Waals surface area contributed by atoms with Crippen LogP contribution in [0.3, 0.4) is 0 Å². The highest BCUT2D eigenvalue weighted by Crippen LogP contribution is 2.52. The lowest BCUT2D eigenvalue weighted by atomic mass is 9.82. The van der Waals surface area contributed by atoms with E-state index < -0.39 is 0 Å². The second-order valence-corrected chi connectivity index (χ2v) is 17.5. The predicted octanol–water partition coefficient (Wildman–Crippen LogP) is 16.4. The van der Waals surface area contributed by atoms with Gasteiger partial charge in [0.15, 0.2) is 5.58 Å². The fraction of sp³-hybridized carbons (Fsp3) is 0.0545. The van der Waals surface area contributed by atoms with Crippen LogP contribution in [-0.4, -0.2) is 0 Å². The second kappa shape index (κ2) is 12.0. The maximum Gasteiger partial charge on any atom is 0.159 e. The number of anilines is 3. The van der Waals surface area contributed by atoms with E-state index in [9.17, 15) is 0 Å². The Balaban J connectivity index is 1.07. The first kappa shape index (κ1) is 32.9. The SMILES string of the molecule is CC1(C)c2ccccc2-c2ccc(N(c3ccc4c(c3)oc3c(-c5cccc6c5sc5ccccc56)c5ccccc5cc34)c3cccc4c3oc3ccccc34)cc21. The molecule has 0 N–H and O–H groups in total. The van der Waals surface area contributed by atoms with Crippen LogP contribution in [-0.2, 0) is 5.41 Å². The number of fused-ring (bicyclic) bond motifs is 13. The molecule has 12 aromatic rings. The minimum Gasteiger partial charge on any atom is -0.455 e. The quantitative estimate of drug-likeness (QED) is 0.178. The zero-order valence-corrected chi connectivity index (χ0v) is 33.2. The molecule has 0 radical (unpaired) electrons. The lowest BCUT2D eigenvalue weighted by molar-refractivity contribution is 0.660. The van der Waals surface area contributed by atoms with Crippen LogP contribution in [0.25, 0.3) is 97.1 Å². The number of nitrogens with zero attached hydrogens (tertiary/aromatic N) is 1. The zero-order chi connectivity index (χ0) is 39.0. The highest BCUT2D eigenvalue weighted by molar-refractivity contribution is 7.26. The number of hydrogen-bond acceptors (Lipinski definition) is 4. The number of furan rings is 2. The van der Waals surface area contributed by atoms with Crippen molar-refractivity contribution in [3.63, 3.8) is 0 Å². The molecule has 3 nitrogen and oxygen atoms in total. The summed E-state index contributed by atoms with van der Waals surface area (Å²) in [6.07, 6.45) is 0. The molecule has 59 heavy (non-hydrogen) atoms. The number of rotatable bonds is 4. The van der Waals surface area contributed by atoms with Crippen LogP contribution in [0.4, 0.5) is 17.1 Å². The normalized spacial score (nSPS) is 13.4. The van der Waals surface area contributed by atoms with Crippen molar-refractivity contribution in [2.75, 3.05) is 4.90 Å². The van der Waals surface area contributed by atoms with E-state index in [0.29, 0.717) is 0 Å². The molecule has 1 aliphatic carbocycles. The Labute approximate surface area is 344 Å². The fourth-order valence-corrected chi connectivity index (χ4v) is 11.3. The Morgan fingerprint density at radius 3 is 2.03 bits per heavy atom. The number of benzene rings is 9. The average molecular weight is 774 g/mol. The summed E-state index contributed by atoms with van der Waals surface area (Å²) < 4.78 is 16.5. The molecule has 9 aromatic carbocycles. The summed E-state index contributed by atoms with van der Waals surface area (Å²) >= 11 is 1.86. The monoisotopic (exact) mass is 773 g/mol. The molecule has 3 heterocycles. The van der Waals surface area contributed by atoms with E-state index in [0.717, 1.165) is 66.5 Å². The molecule has 4 heteroatoms. The maximum atomic E-state index is 7.17. The molecule has 0 saturated carbocycles. The van der Waals surface area contributed by atoms with Gasteiger partial charge in [-0.15, -0.1) is 11.3 Å². The topological polar surface area (TPSA) is 29.5 Å². The van der Waals surface area contributed by atoms with Crippen LogP contribution in [0.1, 0.15) is 25.0 Å². The van der Waals surface area contributed by atoms with E-state index in [4.69, 9.17) is 8.83 Å². The van der Waals surface area contributed by atoms with E-state index >= 15 is 0 Å².